The third kappa shape index (κ3) is 2.17. The number of carbonyl (C=O) groups is 1. The number of aromatic nitrogens is 1. The summed E-state index contributed by atoms with van der Waals surface area (Å²) in [6, 6.07) is 11.9. The number of fused-ring (bicyclic) bond motifs is 1. The molecule has 1 N–H and O–H groups in total. The minimum Gasteiger partial charge on any atom is -0.373 e. The summed E-state index contributed by atoms with van der Waals surface area (Å²) in [4.78, 5) is 18.8. The first-order chi connectivity index (χ1) is 10.0. The van der Waals surface area contributed by atoms with Gasteiger partial charge in [0.1, 0.15) is 5.82 Å². The summed E-state index contributed by atoms with van der Waals surface area (Å²) in [5, 5.41) is 3.02. The third-order valence-electron chi connectivity index (χ3n) is 4.07. The van der Waals surface area contributed by atoms with Crippen LogP contribution in [0.1, 0.15) is 25.0 Å². The van der Waals surface area contributed by atoms with Gasteiger partial charge >= 0.3 is 0 Å². The number of rotatable bonds is 3. The SMILES string of the molecule is CNc1cc(CN2C(=O)C(C)(C)c3ccccc32)ccn1. The van der Waals surface area contributed by atoms with E-state index in [2.05, 4.69) is 10.3 Å². The van der Waals surface area contributed by atoms with Crippen molar-refractivity contribution in [3.8, 4) is 0 Å². The molecule has 3 rings (SSSR count). The molecule has 0 spiro atoms. The van der Waals surface area contributed by atoms with Crippen molar-refractivity contribution in [1.82, 2.24) is 4.98 Å². The highest BCUT2D eigenvalue weighted by atomic mass is 16.2. The van der Waals surface area contributed by atoms with Crippen LogP contribution in [0.3, 0.4) is 0 Å². The zero-order chi connectivity index (χ0) is 15.0. The maximum absolute atomic E-state index is 12.7. The van der Waals surface area contributed by atoms with E-state index in [0.29, 0.717) is 6.54 Å². The van der Waals surface area contributed by atoms with Crippen LogP contribution < -0.4 is 10.2 Å². The molecule has 2 aromatic rings. The van der Waals surface area contributed by atoms with Gasteiger partial charge in [0.25, 0.3) is 0 Å². The maximum Gasteiger partial charge on any atom is 0.237 e. The second-order valence-corrected chi connectivity index (χ2v) is 5.83. The summed E-state index contributed by atoms with van der Waals surface area (Å²) >= 11 is 0. The van der Waals surface area contributed by atoms with E-state index >= 15 is 0 Å². The van der Waals surface area contributed by atoms with Gasteiger partial charge < -0.3 is 10.2 Å². The van der Waals surface area contributed by atoms with E-state index in [-0.39, 0.29) is 5.91 Å². The Kier molecular flexibility index (Phi) is 3.16. The first kappa shape index (κ1) is 13.6. The number of amides is 1. The lowest BCUT2D eigenvalue weighted by molar-refractivity contribution is -0.122. The maximum atomic E-state index is 12.7. The Balaban J connectivity index is 1.97. The highest BCUT2D eigenvalue weighted by Crippen LogP contribution is 2.41. The fourth-order valence-electron chi connectivity index (χ4n) is 2.85. The molecule has 0 saturated heterocycles. The number of benzene rings is 1. The average Bonchev–Trinajstić information content (AvgIpc) is 2.69. The van der Waals surface area contributed by atoms with Crippen molar-refractivity contribution >= 4 is 17.4 Å². The molecule has 4 heteroatoms. The van der Waals surface area contributed by atoms with Crippen LogP contribution in [0.15, 0.2) is 42.6 Å². The Labute approximate surface area is 124 Å². The van der Waals surface area contributed by atoms with Crippen LogP contribution >= 0.6 is 0 Å². The van der Waals surface area contributed by atoms with Crippen LogP contribution in [0, 0.1) is 0 Å². The van der Waals surface area contributed by atoms with Gasteiger partial charge in [-0.25, -0.2) is 4.98 Å². The summed E-state index contributed by atoms with van der Waals surface area (Å²) in [7, 11) is 1.84. The number of nitrogens with one attached hydrogen (secondary N) is 1. The fourth-order valence-corrected chi connectivity index (χ4v) is 2.85. The molecule has 0 fully saturated rings. The summed E-state index contributed by atoms with van der Waals surface area (Å²) in [6.45, 7) is 4.54. The summed E-state index contributed by atoms with van der Waals surface area (Å²) < 4.78 is 0. The molecule has 0 atom stereocenters. The first-order valence-electron chi connectivity index (χ1n) is 7.08. The van der Waals surface area contributed by atoms with E-state index in [0.717, 1.165) is 22.6 Å². The minimum absolute atomic E-state index is 0.145. The van der Waals surface area contributed by atoms with E-state index in [9.17, 15) is 4.79 Å². The second kappa shape index (κ2) is 4.88. The monoisotopic (exact) mass is 281 g/mol. The molecule has 0 bridgehead atoms. The Morgan fingerprint density at radius 1 is 1.24 bits per heavy atom. The third-order valence-corrected chi connectivity index (χ3v) is 4.07. The normalized spacial score (nSPS) is 16.0. The van der Waals surface area contributed by atoms with E-state index < -0.39 is 5.41 Å². The average molecular weight is 281 g/mol. The number of nitrogens with zero attached hydrogens (tertiary/aromatic N) is 2. The summed E-state index contributed by atoms with van der Waals surface area (Å²) in [5.41, 5.74) is 2.71. The van der Waals surface area contributed by atoms with Gasteiger partial charge in [-0.05, 0) is 43.2 Å². The molecule has 108 valence electrons. The number of hydrogen-bond acceptors (Lipinski definition) is 3. The van der Waals surface area contributed by atoms with Gasteiger partial charge in [-0.3, -0.25) is 4.79 Å². The molecule has 4 nitrogen and oxygen atoms in total. The van der Waals surface area contributed by atoms with Crippen molar-refractivity contribution in [3.05, 3.63) is 53.7 Å². The van der Waals surface area contributed by atoms with Gasteiger partial charge in [0, 0.05) is 18.9 Å². The van der Waals surface area contributed by atoms with E-state index in [4.69, 9.17) is 0 Å². The number of para-hydroxylation sites is 1. The van der Waals surface area contributed by atoms with Crippen molar-refractivity contribution in [1.29, 1.82) is 0 Å². The summed E-state index contributed by atoms with van der Waals surface area (Å²) in [6.07, 6.45) is 1.76. The lowest BCUT2D eigenvalue weighted by Crippen LogP contribution is -2.35. The van der Waals surface area contributed by atoms with E-state index in [1.807, 2.05) is 62.2 Å². The van der Waals surface area contributed by atoms with Gasteiger partial charge in [-0.2, -0.15) is 0 Å². The number of anilines is 2. The number of pyridine rings is 1. The largest absolute Gasteiger partial charge is 0.373 e. The Bertz CT molecular complexity index is 694. The summed E-state index contributed by atoms with van der Waals surface area (Å²) in [5.74, 6) is 0.957. The molecule has 0 unspecified atom stereocenters. The number of carbonyl (C=O) groups excluding carboxylic acids is 1. The van der Waals surface area contributed by atoms with Crippen LogP contribution in [-0.4, -0.2) is 17.9 Å². The van der Waals surface area contributed by atoms with Gasteiger partial charge in [-0.1, -0.05) is 18.2 Å². The van der Waals surface area contributed by atoms with E-state index in [1.165, 1.54) is 0 Å². The molecule has 0 aliphatic carbocycles. The van der Waals surface area contributed by atoms with E-state index in [1.54, 1.807) is 6.20 Å². The van der Waals surface area contributed by atoms with Crippen LogP contribution in [0.25, 0.3) is 0 Å². The molecule has 21 heavy (non-hydrogen) atoms. The smallest absolute Gasteiger partial charge is 0.237 e. The Morgan fingerprint density at radius 2 is 2.00 bits per heavy atom. The fraction of sp³-hybridized carbons (Fsp3) is 0.294. The standard InChI is InChI=1S/C17H19N3O/c1-17(2)13-6-4-5-7-14(13)20(16(17)21)11-12-8-9-19-15(10-12)18-3/h4-10H,11H2,1-3H3,(H,18,19). The molecule has 1 aromatic heterocycles. The molecule has 1 aromatic carbocycles. The van der Waals surface area contributed by atoms with Crippen LogP contribution in [0.2, 0.25) is 0 Å². The van der Waals surface area contributed by atoms with Crippen molar-refractivity contribution < 1.29 is 4.79 Å². The van der Waals surface area contributed by atoms with Gasteiger partial charge in [-0.15, -0.1) is 0 Å². The Hall–Kier alpha value is -2.36. The molecule has 1 aliphatic rings. The quantitative estimate of drug-likeness (QED) is 0.940. The van der Waals surface area contributed by atoms with Crippen LogP contribution in [0.4, 0.5) is 11.5 Å². The minimum atomic E-state index is -0.463. The topological polar surface area (TPSA) is 45.2 Å². The van der Waals surface area contributed by atoms with Crippen LogP contribution in [-0.2, 0) is 16.8 Å². The lowest BCUT2D eigenvalue weighted by Gasteiger charge is -2.20. The number of hydrogen-bond donors (Lipinski definition) is 1. The molecular formula is C17H19N3O. The molecule has 1 aliphatic heterocycles. The van der Waals surface area contributed by atoms with Crippen molar-refractivity contribution in [3.63, 3.8) is 0 Å². The first-order valence-corrected chi connectivity index (χ1v) is 7.08. The molecule has 2 heterocycles. The lowest BCUT2D eigenvalue weighted by atomic mass is 9.86. The Morgan fingerprint density at radius 3 is 2.76 bits per heavy atom. The van der Waals surface area contributed by atoms with Gasteiger partial charge in [0.2, 0.25) is 5.91 Å². The van der Waals surface area contributed by atoms with Gasteiger partial charge in [0.15, 0.2) is 0 Å². The van der Waals surface area contributed by atoms with Gasteiger partial charge in [0.05, 0.1) is 12.0 Å². The highest BCUT2D eigenvalue weighted by molar-refractivity contribution is 6.07. The zero-order valence-corrected chi connectivity index (χ0v) is 12.6. The molecule has 1 amide bonds. The molecular weight excluding hydrogens is 262 g/mol. The molecule has 0 saturated carbocycles. The predicted molar refractivity (Wildman–Crippen MR) is 84.4 cm³/mol. The highest BCUT2D eigenvalue weighted by Gasteiger charge is 2.43. The van der Waals surface area contributed by atoms with Crippen LogP contribution in [0.5, 0.6) is 0 Å². The zero-order valence-electron chi connectivity index (χ0n) is 12.6. The second-order valence-electron chi connectivity index (χ2n) is 5.83. The van der Waals surface area contributed by atoms with Crippen molar-refractivity contribution in [2.24, 2.45) is 0 Å². The van der Waals surface area contributed by atoms with Crippen molar-refractivity contribution in [2.45, 2.75) is 25.8 Å². The predicted octanol–water partition coefficient (Wildman–Crippen LogP) is 2.95. The molecule has 0 radical (unpaired) electrons. The van der Waals surface area contributed by atoms with Crippen molar-refractivity contribution in [2.75, 3.05) is 17.3 Å².